The fraction of sp³-hybridized carbons (Fsp3) is 0.900. The average molecular weight is 151 g/mol. The fourth-order valence-electron chi connectivity index (χ4n) is 2.03. The molecular formula is C10H17N. The minimum Gasteiger partial charge on any atom is -0.198 e. The second kappa shape index (κ2) is 3.76. The van der Waals surface area contributed by atoms with Crippen molar-refractivity contribution in [3.63, 3.8) is 0 Å². The molecule has 0 N–H and O–H groups in total. The Kier molecular flexibility index (Phi) is 2.93. The Bertz CT molecular complexity index is 155. The Morgan fingerprint density at radius 3 is 2.64 bits per heavy atom. The van der Waals surface area contributed by atoms with Crippen LogP contribution in [0.1, 0.15) is 39.5 Å². The van der Waals surface area contributed by atoms with Gasteiger partial charge in [0.1, 0.15) is 0 Å². The molecule has 1 nitrogen and oxygen atoms in total. The van der Waals surface area contributed by atoms with Gasteiger partial charge in [-0.05, 0) is 37.0 Å². The third-order valence-corrected chi connectivity index (χ3v) is 2.90. The minimum atomic E-state index is 0.715. The molecule has 1 aliphatic rings. The molecule has 0 aromatic heterocycles. The van der Waals surface area contributed by atoms with Gasteiger partial charge in [-0.1, -0.05) is 13.8 Å². The first-order valence-electron chi connectivity index (χ1n) is 4.61. The van der Waals surface area contributed by atoms with Crippen LogP contribution in [0.15, 0.2) is 0 Å². The Morgan fingerprint density at radius 1 is 1.45 bits per heavy atom. The second-order valence-corrected chi connectivity index (χ2v) is 4.05. The van der Waals surface area contributed by atoms with Crippen LogP contribution in [0.4, 0.5) is 0 Å². The summed E-state index contributed by atoms with van der Waals surface area (Å²) in [5.74, 6) is 2.43. The summed E-state index contributed by atoms with van der Waals surface area (Å²) in [6.45, 7) is 4.58. The molecule has 0 aromatic carbocycles. The molecule has 1 fully saturated rings. The molecular weight excluding hydrogens is 134 g/mol. The van der Waals surface area contributed by atoms with Crippen LogP contribution >= 0.6 is 0 Å². The smallest absolute Gasteiger partial charge is 0.0624 e. The van der Waals surface area contributed by atoms with Crippen molar-refractivity contribution in [3.05, 3.63) is 0 Å². The van der Waals surface area contributed by atoms with Gasteiger partial charge in [0, 0.05) is 6.42 Å². The number of nitrogens with zero attached hydrogens (tertiary/aromatic N) is 1. The fourth-order valence-corrected chi connectivity index (χ4v) is 2.03. The highest BCUT2D eigenvalue weighted by molar-refractivity contribution is 4.83. The Morgan fingerprint density at radius 2 is 2.18 bits per heavy atom. The van der Waals surface area contributed by atoms with Crippen molar-refractivity contribution >= 4 is 0 Å². The van der Waals surface area contributed by atoms with Crippen LogP contribution in [0.2, 0.25) is 0 Å². The summed E-state index contributed by atoms with van der Waals surface area (Å²) in [5.41, 5.74) is 0. The van der Waals surface area contributed by atoms with Crippen LogP contribution in [0.3, 0.4) is 0 Å². The number of rotatable bonds is 2. The molecule has 2 atom stereocenters. The van der Waals surface area contributed by atoms with E-state index in [1.807, 2.05) is 0 Å². The van der Waals surface area contributed by atoms with Crippen molar-refractivity contribution in [1.29, 1.82) is 5.26 Å². The Balaban J connectivity index is 2.30. The molecule has 1 saturated carbocycles. The van der Waals surface area contributed by atoms with Crippen LogP contribution in [0, 0.1) is 29.1 Å². The van der Waals surface area contributed by atoms with Gasteiger partial charge >= 0.3 is 0 Å². The predicted molar refractivity (Wildman–Crippen MR) is 45.9 cm³/mol. The first-order chi connectivity index (χ1) is 5.24. The summed E-state index contributed by atoms with van der Waals surface area (Å²) >= 11 is 0. The van der Waals surface area contributed by atoms with Gasteiger partial charge in [0.2, 0.25) is 0 Å². The summed E-state index contributed by atoms with van der Waals surface area (Å²) in [6.07, 6.45) is 4.72. The highest BCUT2D eigenvalue weighted by Crippen LogP contribution is 2.36. The monoisotopic (exact) mass is 151 g/mol. The van der Waals surface area contributed by atoms with Gasteiger partial charge in [0.05, 0.1) is 6.07 Å². The van der Waals surface area contributed by atoms with Crippen molar-refractivity contribution in [2.75, 3.05) is 0 Å². The van der Waals surface area contributed by atoms with Crippen molar-refractivity contribution < 1.29 is 0 Å². The van der Waals surface area contributed by atoms with E-state index in [1.165, 1.54) is 19.3 Å². The van der Waals surface area contributed by atoms with Gasteiger partial charge in [-0.15, -0.1) is 0 Å². The van der Waals surface area contributed by atoms with Crippen LogP contribution in [-0.4, -0.2) is 0 Å². The first kappa shape index (κ1) is 8.59. The van der Waals surface area contributed by atoms with E-state index in [9.17, 15) is 0 Å². The maximum Gasteiger partial charge on any atom is 0.0624 e. The molecule has 0 radical (unpaired) electrons. The topological polar surface area (TPSA) is 23.8 Å². The molecule has 0 spiro atoms. The average Bonchev–Trinajstić information content (AvgIpc) is 2.37. The molecule has 0 aliphatic heterocycles. The number of hydrogen-bond acceptors (Lipinski definition) is 1. The van der Waals surface area contributed by atoms with E-state index >= 15 is 0 Å². The second-order valence-electron chi connectivity index (χ2n) is 4.05. The highest BCUT2D eigenvalue weighted by Gasteiger charge is 2.26. The largest absolute Gasteiger partial charge is 0.198 e. The van der Waals surface area contributed by atoms with Crippen molar-refractivity contribution in [3.8, 4) is 6.07 Å². The quantitative estimate of drug-likeness (QED) is 0.595. The van der Waals surface area contributed by atoms with Crippen molar-refractivity contribution in [1.82, 2.24) is 0 Å². The minimum absolute atomic E-state index is 0.715. The lowest BCUT2D eigenvalue weighted by Gasteiger charge is -2.13. The van der Waals surface area contributed by atoms with Gasteiger partial charge in [0.25, 0.3) is 0 Å². The van der Waals surface area contributed by atoms with E-state index in [1.54, 1.807) is 0 Å². The molecule has 11 heavy (non-hydrogen) atoms. The zero-order valence-corrected chi connectivity index (χ0v) is 7.51. The first-order valence-corrected chi connectivity index (χ1v) is 4.61. The lowest BCUT2D eigenvalue weighted by atomic mass is 9.93. The third kappa shape index (κ3) is 2.22. The maximum absolute atomic E-state index is 8.50. The summed E-state index contributed by atoms with van der Waals surface area (Å²) in [5, 5.41) is 8.50. The van der Waals surface area contributed by atoms with E-state index < -0.39 is 0 Å². The maximum atomic E-state index is 8.50. The van der Waals surface area contributed by atoms with Gasteiger partial charge < -0.3 is 0 Å². The summed E-state index contributed by atoms with van der Waals surface area (Å²) in [4.78, 5) is 0. The van der Waals surface area contributed by atoms with Crippen LogP contribution < -0.4 is 0 Å². The Labute approximate surface area is 69.4 Å². The summed E-state index contributed by atoms with van der Waals surface area (Å²) < 4.78 is 0. The summed E-state index contributed by atoms with van der Waals surface area (Å²) in [6, 6.07) is 2.27. The number of nitriles is 1. The van der Waals surface area contributed by atoms with E-state index in [0.29, 0.717) is 5.92 Å². The van der Waals surface area contributed by atoms with Crippen LogP contribution in [0.5, 0.6) is 0 Å². The van der Waals surface area contributed by atoms with Gasteiger partial charge in [-0.25, -0.2) is 0 Å². The predicted octanol–water partition coefficient (Wildman–Crippen LogP) is 2.97. The molecule has 2 unspecified atom stereocenters. The summed E-state index contributed by atoms with van der Waals surface area (Å²) in [7, 11) is 0. The van der Waals surface area contributed by atoms with Crippen molar-refractivity contribution in [2.45, 2.75) is 39.5 Å². The van der Waals surface area contributed by atoms with E-state index in [4.69, 9.17) is 5.26 Å². The lowest BCUT2D eigenvalue weighted by molar-refractivity contribution is 0.380. The SMILES string of the molecule is CC(C)C1CCC(CC#N)C1. The molecule has 0 amide bonds. The van der Waals surface area contributed by atoms with E-state index in [0.717, 1.165) is 18.3 Å². The van der Waals surface area contributed by atoms with Gasteiger partial charge in [0.15, 0.2) is 0 Å². The number of hydrogen-bond donors (Lipinski definition) is 0. The molecule has 1 heteroatoms. The van der Waals surface area contributed by atoms with Crippen LogP contribution in [0.25, 0.3) is 0 Å². The standard InChI is InChI=1S/C10H17N/c1-8(2)10-4-3-9(7-10)5-6-11/h8-10H,3-5,7H2,1-2H3. The molecule has 1 rings (SSSR count). The lowest BCUT2D eigenvalue weighted by Crippen LogP contribution is -2.03. The Hall–Kier alpha value is -0.510. The third-order valence-electron chi connectivity index (χ3n) is 2.90. The van der Waals surface area contributed by atoms with E-state index in [-0.39, 0.29) is 0 Å². The highest BCUT2D eigenvalue weighted by atomic mass is 14.3. The van der Waals surface area contributed by atoms with Crippen molar-refractivity contribution in [2.24, 2.45) is 17.8 Å². The molecule has 0 bridgehead atoms. The zero-order chi connectivity index (χ0) is 8.27. The van der Waals surface area contributed by atoms with E-state index in [2.05, 4.69) is 19.9 Å². The van der Waals surface area contributed by atoms with Gasteiger partial charge in [-0.3, -0.25) is 0 Å². The molecule has 0 saturated heterocycles. The van der Waals surface area contributed by atoms with Gasteiger partial charge in [-0.2, -0.15) is 5.26 Å². The zero-order valence-electron chi connectivity index (χ0n) is 7.51. The molecule has 0 heterocycles. The molecule has 1 aliphatic carbocycles. The van der Waals surface area contributed by atoms with Crippen LogP contribution in [-0.2, 0) is 0 Å². The molecule has 0 aromatic rings. The molecule has 62 valence electrons. The normalized spacial score (nSPS) is 30.7.